The van der Waals surface area contributed by atoms with Crippen molar-refractivity contribution >= 4 is 17.9 Å². The molecule has 0 fully saturated rings. The summed E-state index contributed by atoms with van der Waals surface area (Å²) in [6.07, 6.45) is 78.1. The minimum Gasteiger partial charge on any atom is -0.462 e. The van der Waals surface area contributed by atoms with Crippen LogP contribution in [0.25, 0.3) is 0 Å². The average Bonchev–Trinajstić information content (AvgIpc) is 3.34. The van der Waals surface area contributed by atoms with Crippen LogP contribution in [0.15, 0.2) is 146 Å². The molecule has 0 amide bonds. The monoisotopic (exact) mass is 937 g/mol. The lowest BCUT2D eigenvalue weighted by molar-refractivity contribution is -0.167. The van der Waals surface area contributed by atoms with Crippen molar-refractivity contribution in [1.29, 1.82) is 0 Å². The molecule has 0 aromatic heterocycles. The van der Waals surface area contributed by atoms with Crippen LogP contribution in [-0.2, 0) is 28.6 Å². The minimum atomic E-state index is -0.816. The van der Waals surface area contributed by atoms with E-state index in [1.807, 2.05) is 109 Å². The van der Waals surface area contributed by atoms with Crippen LogP contribution in [0, 0.1) is 0 Å². The standard InChI is InChI=1S/C62H96O6/c1-4-7-10-13-16-19-22-25-27-29-31-33-34-37-40-43-46-49-52-55-61(64)67-58-59(57-66-60(63)54-51-48-45-42-39-36-24-21-18-15-12-9-6-3)68-62(65)56-53-50-47-44-41-38-35-32-30-28-26-23-20-17-14-11-8-5-2/h7,10-11,13-14,16-17,19-20,22-23,25-35,37,40,59H,4-6,8-9,12,15,18,21,24,36,38-39,41-58H2,1-3H3/b10-7-,14-11-,16-13-,20-17-,22-19-,26-23-,27-25-,30-28-,31-29+,34-33-,35-32-,40-37-. The van der Waals surface area contributed by atoms with Crippen LogP contribution in [0.4, 0.5) is 0 Å². The van der Waals surface area contributed by atoms with Gasteiger partial charge in [0, 0.05) is 19.3 Å². The molecular formula is C62H96O6. The Morgan fingerprint density at radius 3 is 0.971 bits per heavy atom. The highest BCUT2D eigenvalue weighted by Gasteiger charge is 2.19. The largest absolute Gasteiger partial charge is 0.462 e. The van der Waals surface area contributed by atoms with Crippen molar-refractivity contribution in [1.82, 2.24) is 0 Å². The van der Waals surface area contributed by atoms with Gasteiger partial charge < -0.3 is 14.2 Å². The Balaban J connectivity index is 4.58. The van der Waals surface area contributed by atoms with Crippen LogP contribution < -0.4 is 0 Å². The van der Waals surface area contributed by atoms with Gasteiger partial charge in [-0.1, -0.05) is 276 Å². The second kappa shape index (κ2) is 54.9. The summed E-state index contributed by atoms with van der Waals surface area (Å²) >= 11 is 0. The Kier molecular flexibility index (Phi) is 51.1. The van der Waals surface area contributed by atoms with Crippen LogP contribution in [0.3, 0.4) is 0 Å². The Morgan fingerprint density at radius 1 is 0.309 bits per heavy atom. The van der Waals surface area contributed by atoms with Crippen molar-refractivity contribution < 1.29 is 28.6 Å². The maximum absolute atomic E-state index is 12.8. The molecule has 0 radical (unpaired) electrons. The summed E-state index contributed by atoms with van der Waals surface area (Å²) in [6, 6.07) is 0. The lowest BCUT2D eigenvalue weighted by Crippen LogP contribution is -2.30. The summed E-state index contributed by atoms with van der Waals surface area (Å²) in [4.78, 5) is 38.1. The van der Waals surface area contributed by atoms with Crippen LogP contribution >= 0.6 is 0 Å². The van der Waals surface area contributed by atoms with E-state index in [1.54, 1.807) is 0 Å². The molecule has 0 saturated carbocycles. The summed E-state index contributed by atoms with van der Waals surface area (Å²) < 4.78 is 16.8. The number of hydrogen-bond donors (Lipinski definition) is 0. The van der Waals surface area contributed by atoms with Crippen molar-refractivity contribution in [3.8, 4) is 0 Å². The highest BCUT2D eigenvalue weighted by atomic mass is 16.6. The third-order valence-electron chi connectivity index (χ3n) is 10.9. The molecule has 0 saturated heterocycles. The molecular weight excluding hydrogens is 841 g/mol. The topological polar surface area (TPSA) is 78.9 Å². The number of ether oxygens (including phenoxy) is 3. The Bertz CT molecular complexity index is 1540. The van der Waals surface area contributed by atoms with Gasteiger partial charge in [-0.15, -0.1) is 0 Å². The molecule has 0 aliphatic heterocycles. The van der Waals surface area contributed by atoms with Crippen molar-refractivity contribution in [2.24, 2.45) is 0 Å². The summed E-state index contributed by atoms with van der Waals surface area (Å²) in [7, 11) is 0. The quantitative estimate of drug-likeness (QED) is 0.0262. The van der Waals surface area contributed by atoms with Crippen molar-refractivity contribution in [3.63, 3.8) is 0 Å². The van der Waals surface area contributed by atoms with Gasteiger partial charge in [0.05, 0.1) is 0 Å². The molecule has 68 heavy (non-hydrogen) atoms. The SMILES string of the molecule is CC\C=C/C=C\C=C/C=C\C=C\C=C/C=C\CCCCCC(=O)OCC(COC(=O)CCCCCCCCCCCCCCC)OC(=O)CCCCCCC\C=C/C=C\C=C/C=C\C=C/CCC. The number of carbonyl (C=O) groups excluding carboxylic acids is 3. The minimum absolute atomic E-state index is 0.108. The highest BCUT2D eigenvalue weighted by Crippen LogP contribution is 2.14. The third-order valence-corrected chi connectivity index (χ3v) is 10.9. The van der Waals surface area contributed by atoms with E-state index in [4.69, 9.17) is 14.2 Å². The molecule has 0 spiro atoms. The molecule has 0 bridgehead atoms. The second-order valence-corrected chi connectivity index (χ2v) is 17.4. The van der Waals surface area contributed by atoms with E-state index in [0.717, 1.165) is 96.3 Å². The summed E-state index contributed by atoms with van der Waals surface area (Å²) in [6.45, 7) is 6.33. The zero-order chi connectivity index (χ0) is 49.3. The van der Waals surface area contributed by atoms with Gasteiger partial charge in [0.25, 0.3) is 0 Å². The Labute approximate surface area is 417 Å². The zero-order valence-corrected chi connectivity index (χ0v) is 43.3. The van der Waals surface area contributed by atoms with Crippen LogP contribution in [0.5, 0.6) is 0 Å². The van der Waals surface area contributed by atoms with Gasteiger partial charge in [0.15, 0.2) is 6.10 Å². The normalized spacial score (nSPS) is 13.3. The second-order valence-electron chi connectivity index (χ2n) is 17.4. The molecule has 0 heterocycles. The molecule has 1 atom stereocenters. The molecule has 0 aliphatic rings. The third kappa shape index (κ3) is 52.3. The molecule has 6 heteroatoms. The molecule has 1 unspecified atom stereocenters. The number of hydrogen-bond acceptors (Lipinski definition) is 6. The summed E-state index contributed by atoms with van der Waals surface area (Å²) in [5, 5.41) is 0. The Hall–Kier alpha value is -4.71. The van der Waals surface area contributed by atoms with Gasteiger partial charge in [-0.3, -0.25) is 14.4 Å². The number of rotatable bonds is 46. The van der Waals surface area contributed by atoms with E-state index in [0.29, 0.717) is 12.8 Å². The fourth-order valence-corrected chi connectivity index (χ4v) is 6.87. The Morgan fingerprint density at radius 2 is 0.603 bits per heavy atom. The van der Waals surface area contributed by atoms with Crippen molar-refractivity contribution in [2.45, 2.75) is 213 Å². The molecule has 0 aromatic rings. The number of allylic oxidation sites excluding steroid dienone is 24. The van der Waals surface area contributed by atoms with E-state index in [-0.39, 0.29) is 37.5 Å². The average molecular weight is 937 g/mol. The first kappa shape index (κ1) is 63.3. The van der Waals surface area contributed by atoms with E-state index in [1.165, 1.54) is 70.6 Å². The van der Waals surface area contributed by atoms with Gasteiger partial charge in [0.2, 0.25) is 0 Å². The molecule has 0 aromatic carbocycles. The summed E-state index contributed by atoms with van der Waals surface area (Å²) in [5.74, 6) is -0.988. The van der Waals surface area contributed by atoms with E-state index in [2.05, 4.69) is 57.2 Å². The van der Waals surface area contributed by atoms with Gasteiger partial charge in [-0.25, -0.2) is 0 Å². The van der Waals surface area contributed by atoms with E-state index >= 15 is 0 Å². The van der Waals surface area contributed by atoms with Gasteiger partial charge in [0.1, 0.15) is 13.2 Å². The van der Waals surface area contributed by atoms with Gasteiger partial charge in [-0.2, -0.15) is 0 Å². The lowest BCUT2D eigenvalue weighted by atomic mass is 10.0. The smallest absolute Gasteiger partial charge is 0.306 e. The first-order valence-corrected chi connectivity index (χ1v) is 27.0. The van der Waals surface area contributed by atoms with Crippen LogP contribution in [-0.4, -0.2) is 37.2 Å². The predicted octanol–water partition coefficient (Wildman–Crippen LogP) is 18.0. The summed E-state index contributed by atoms with van der Waals surface area (Å²) in [5.41, 5.74) is 0. The highest BCUT2D eigenvalue weighted by molar-refractivity contribution is 5.71. The van der Waals surface area contributed by atoms with Crippen LogP contribution in [0.2, 0.25) is 0 Å². The number of carbonyl (C=O) groups is 3. The first-order chi connectivity index (χ1) is 33.5. The fourth-order valence-electron chi connectivity index (χ4n) is 6.87. The first-order valence-electron chi connectivity index (χ1n) is 27.0. The van der Waals surface area contributed by atoms with E-state index < -0.39 is 6.10 Å². The fraction of sp³-hybridized carbons (Fsp3) is 0.565. The number of unbranched alkanes of at least 4 members (excludes halogenated alkanes) is 21. The molecule has 6 nitrogen and oxygen atoms in total. The zero-order valence-electron chi connectivity index (χ0n) is 43.3. The maximum atomic E-state index is 12.8. The van der Waals surface area contributed by atoms with Gasteiger partial charge >= 0.3 is 17.9 Å². The maximum Gasteiger partial charge on any atom is 0.306 e. The molecule has 380 valence electrons. The number of esters is 3. The van der Waals surface area contributed by atoms with Crippen LogP contribution in [0.1, 0.15) is 207 Å². The van der Waals surface area contributed by atoms with Gasteiger partial charge in [-0.05, 0) is 57.8 Å². The molecule has 0 rings (SSSR count). The molecule has 0 N–H and O–H groups in total. The van der Waals surface area contributed by atoms with Crippen molar-refractivity contribution in [2.75, 3.05) is 13.2 Å². The predicted molar refractivity (Wildman–Crippen MR) is 292 cm³/mol. The van der Waals surface area contributed by atoms with E-state index in [9.17, 15) is 14.4 Å². The molecule has 0 aliphatic carbocycles. The van der Waals surface area contributed by atoms with Crippen molar-refractivity contribution in [3.05, 3.63) is 146 Å². The lowest BCUT2D eigenvalue weighted by Gasteiger charge is -2.18.